The zero-order chi connectivity index (χ0) is 18.6. The van der Waals surface area contributed by atoms with E-state index in [4.69, 9.17) is 0 Å². The van der Waals surface area contributed by atoms with E-state index in [9.17, 15) is 0 Å². The van der Waals surface area contributed by atoms with Gasteiger partial charge in [0.2, 0.25) is 0 Å². The first-order valence-electron chi connectivity index (χ1n) is 10.7. The van der Waals surface area contributed by atoms with Crippen LogP contribution in [-0.4, -0.2) is 29.5 Å². The summed E-state index contributed by atoms with van der Waals surface area (Å²) in [4.78, 5) is 6.33. The summed E-state index contributed by atoms with van der Waals surface area (Å²) in [5.74, 6) is 0.692. The lowest BCUT2D eigenvalue weighted by Gasteiger charge is -2.45. The van der Waals surface area contributed by atoms with E-state index in [2.05, 4.69) is 62.1 Å². The van der Waals surface area contributed by atoms with Gasteiger partial charge in [0.05, 0.1) is 0 Å². The van der Waals surface area contributed by atoms with Crippen LogP contribution in [0.2, 0.25) is 0 Å². The minimum absolute atomic E-state index is 0.423. The third-order valence-electron chi connectivity index (χ3n) is 6.79. The predicted molar refractivity (Wildman–Crippen MR) is 114 cm³/mol. The number of nitrogens with zero attached hydrogens (tertiary/aromatic N) is 1. The van der Waals surface area contributed by atoms with Crippen LogP contribution < -0.4 is 0 Å². The molecule has 26 heavy (non-hydrogen) atoms. The number of unbranched alkanes of at least 4 members (excludes halogenated alkanes) is 2. The molecule has 1 aliphatic carbocycles. The third-order valence-corrected chi connectivity index (χ3v) is 6.79. The maximum Gasteiger partial charge on any atom is 0.0459 e. The van der Waals surface area contributed by atoms with Gasteiger partial charge in [0.15, 0.2) is 0 Å². The van der Waals surface area contributed by atoms with E-state index in [0.717, 1.165) is 12.8 Å². The first-order valence-corrected chi connectivity index (χ1v) is 10.7. The molecule has 1 aromatic carbocycles. The summed E-state index contributed by atoms with van der Waals surface area (Å²) in [6.07, 6.45) is 12.6. The van der Waals surface area contributed by atoms with Crippen LogP contribution in [0.15, 0.2) is 24.3 Å². The van der Waals surface area contributed by atoms with Crippen LogP contribution in [0.3, 0.4) is 0 Å². The molecule has 0 bridgehead atoms. The summed E-state index contributed by atoms with van der Waals surface area (Å²) in [6, 6.07) is 8.86. The van der Waals surface area contributed by atoms with E-state index < -0.39 is 0 Å². The number of nitrogens with one attached hydrogen (secondary N) is 1. The van der Waals surface area contributed by atoms with Crippen molar-refractivity contribution in [3.8, 4) is 0 Å². The highest BCUT2D eigenvalue weighted by Crippen LogP contribution is 2.44. The minimum Gasteiger partial charge on any atom is -0.358 e. The van der Waals surface area contributed by atoms with Gasteiger partial charge in [-0.3, -0.25) is 0 Å². The molecule has 143 valence electrons. The summed E-state index contributed by atoms with van der Waals surface area (Å²) >= 11 is 0. The highest BCUT2D eigenvalue weighted by molar-refractivity contribution is 5.84. The Morgan fingerprint density at radius 3 is 2.54 bits per heavy atom. The number of hydrogen-bond donors (Lipinski definition) is 1. The quantitative estimate of drug-likeness (QED) is 0.576. The van der Waals surface area contributed by atoms with Crippen molar-refractivity contribution in [3.05, 3.63) is 42.4 Å². The fourth-order valence-electron chi connectivity index (χ4n) is 5.01. The Labute approximate surface area is 160 Å². The first kappa shape index (κ1) is 19.5. The fourth-order valence-corrected chi connectivity index (χ4v) is 5.01. The standard InChI is InChI=1S/C24H37N2/c1-5-7-11-21-20-12-9-10-13-22(20)25-23(21)19-14-17-24(18-15-19,26(3)4)16-8-6-2/h9-10,12-13,19,25H,1,5-8,11,14-18H2,2-4H3. The molecular weight excluding hydrogens is 316 g/mol. The number of hydrogen-bond acceptors (Lipinski definition) is 1. The number of rotatable bonds is 8. The topological polar surface area (TPSA) is 19.0 Å². The van der Waals surface area contributed by atoms with Crippen LogP contribution in [0.1, 0.15) is 81.9 Å². The number of H-pyrrole nitrogens is 1. The third kappa shape index (κ3) is 3.86. The van der Waals surface area contributed by atoms with Crippen LogP contribution in [0.5, 0.6) is 0 Å². The van der Waals surface area contributed by atoms with Gasteiger partial charge in [-0.2, -0.15) is 0 Å². The van der Waals surface area contributed by atoms with Gasteiger partial charge in [-0.15, -0.1) is 0 Å². The molecule has 1 N–H and O–H groups in total. The van der Waals surface area contributed by atoms with E-state index in [1.54, 1.807) is 5.56 Å². The lowest BCUT2D eigenvalue weighted by atomic mass is 9.72. The van der Waals surface area contributed by atoms with Gasteiger partial charge in [0.25, 0.3) is 0 Å². The van der Waals surface area contributed by atoms with Crippen molar-refractivity contribution in [3.63, 3.8) is 0 Å². The Bertz CT molecular complexity index is 689. The van der Waals surface area contributed by atoms with Gasteiger partial charge in [-0.1, -0.05) is 51.3 Å². The van der Waals surface area contributed by atoms with Crippen molar-refractivity contribution in [2.24, 2.45) is 0 Å². The molecule has 2 aromatic rings. The van der Waals surface area contributed by atoms with Gasteiger partial charge in [0, 0.05) is 22.1 Å². The lowest BCUT2D eigenvalue weighted by molar-refractivity contribution is 0.0802. The molecule has 0 aliphatic heterocycles. The monoisotopic (exact) mass is 353 g/mol. The Morgan fingerprint density at radius 1 is 1.15 bits per heavy atom. The number of fused-ring (bicyclic) bond motifs is 1. The Hall–Kier alpha value is -1.28. The average Bonchev–Trinajstić information content (AvgIpc) is 3.03. The summed E-state index contributed by atoms with van der Waals surface area (Å²) < 4.78 is 0. The molecule has 1 aliphatic rings. The van der Waals surface area contributed by atoms with Crippen molar-refractivity contribution in [1.82, 2.24) is 9.88 Å². The molecule has 1 aromatic heterocycles. The molecule has 1 heterocycles. The van der Waals surface area contributed by atoms with E-state index in [0.29, 0.717) is 11.5 Å². The van der Waals surface area contributed by atoms with Crippen molar-refractivity contribution >= 4 is 10.9 Å². The number of benzene rings is 1. The number of aryl methyl sites for hydroxylation is 1. The van der Waals surface area contributed by atoms with E-state index in [1.807, 2.05) is 0 Å². The lowest BCUT2D eigenvalue weighted by Crippen LogP contribution is -2.46. The fraction of sp³-hybridized carbons (Fsp3) is 0.625. The zero-order valence-corrected chi connectivity index (χ0v) is 17.1. The summed E-state index contributed by atoms with van der Waals surface area (Å²) in [6.45, 7) is 6.37. The number of aromatic amines is 1. The molecule has 2 nitrogen and oxygen atoms in total. The normalized spacial score (nSPS) is 23.8. The molecule has 0 atom stereocenters. The second kappa shape index (κ2) is 8.61. The van der Waals surface area contributed by atoms with Gasteiger partial charge < -0.3 is 9.88 Å². The maximum atomic E-state index is 4.06. The summed E-state index contributed by atoms with van der Waals surface area (Å²) in [5.41, 5.74) is 4.84. The van der Waals surface area contributed by atoms with Crippen LogP contribution in [0.25, 0.3) is 10.9 Å². The van der Waals surface area contributed by atoms with E-state index in [-0.39, 0.29) is 0 Å². The molecule has 0 saturated heterocycles. The van der Waals surface area contributed by atoms with Crippen molar-refractivity contribution in [2.45, 2.75) is 82.6 Å². The number of para-hydroxylation sites is 1. The van der Waals surface area contributed by atoms with E-state index in [1.165, 1.54) is 68.0 Å². The van der Waals surface area contributed by atoms with Crippen LogP contribution in [0.4, 0.5) is 0 Å². The summed E-state index contributed by atoms with van der Waals surface area (Å²) in [7, 11) is 4.58. The van der Waals surface area contributed by atoms with Crippen molar-refractivity contribution in [2.75, 3.05) is 14.1 Å². The molecule has 0 spiro atoms. The first-order chi connectivity index (χ1) is 12.6. The van der Waals surface area contributed by atoms with Crippen molar-refractivity contribution < 1.29 is 0 Å². The molecule has 1 radical (unpaired) electrons. The molecular formula is C24H37N2. The maximum absolute atomic E-state index is 4.06. The zero-order valence-electron chi connectivity index (χ0n) is 17.1. The van der Waals surface area contributed by atoms with Gasteiger partial charge in [-0.05, 0) is 76.6 Å². The minimum atomic E-state index is 0.423. The molecule has 1 saturated carbocycles. The van der Waals surface area contributed by atoms with E-state index >= 15 is 0 Å². The van der Waals surface area contributed by atoms with Crippen LogP contribution >= 0.6 is 0 Å². The van der Waals surface area contributed by atoms with Gasteiger partial charge in [0.1, 0.15) is 0 Å². The second-order valence-electron chi connectivity index (χ2n) is 8.52. The molecule has 2 heteroatoms. The SMILES string of the molecule is [CH2]CCCc1c(C2CCC(CCCC)(N(C)C)CC2)[nH]c2ccccc12. The van der Waals surface area contributed by atoms with Crippen LogP contribution in [-0.2, 0) is 6.42 Å². The smallest absolute Gasteiger partial charge is 0.0459 e. The van der Waals surface area contributed by atoms with Crippen molar-refractivity contribution in [1.29, 1.82) is 0 Å². The Kier molecular flexibility index (Phi) is 6.45. The largest absolute Gasteiger partial charge is 0.358 e. The highest BCUT2D eigenvalue weighted by Gasteiger charge is 2.37. The van der Waals surface area contributed by atoms with Crippen LogP contribution in [0, 0.1) is 6.92 Å². The highest BCUT2D eigenvalue weighted by atomic mass is 15.1. The second-order valence-corrected chi connectivity index (χ2v) is 8.52. The summed E-state index contributed by atoms with van der Waals surface area (Å²) in [5, 5.41) is 1.44. The van der Waals surface area contributed by atoms with Gasteiger partial charge in [-0.25, -0.2) is 0 Å². The predicted octanol–water partition coefficient (Wildman–Crippen LogP) is 6.47. The molecule has 1 fully saturated rings. The van der Waals surface area contributed by atoms with Gasteiger partial charge >= 0.3 is 0 Å². The molecule has 3 rings (SSSR count). The molecule has 0 amide bonds. The Balaban J connectivity index is 1.82. The molecule has 0 unspecified atom stereocenters. The Morgan fingerprint density at radius 2 is 1.88 bits per heavy atom. The number of aromatic nitrogens is 1. The average molecular weight is 354 g/mol.